The second kappa shape index (κ2) is 5.13. The second-order valence-corrected chi connectivity index (χ2v) is 3.50. The number of rotatable bonds is 5. The van der Waals surface area contributed by atoms with Crippen LogP contribution in [0.2, 0.25) is 0 Å². The highest BCUT2D eigenvalue weighted by molar-refractivity contribution is 6.01. The molecule has 0 aromatic carbocycles. The van der Waals surface area contributed by atoms with E-state index in [1.807, 2.05) is 0 Å². The molecule has 0 aromatic rings. The molecule has 0 radical (unpaired) electrons. The molecule has 1 heteroatoms. The number of Topliss-reactive ketones (excluding diaryl/α,β-unsaturated/α-hetero) is 1. The maximum atomic E-state index is 10.9. The highest BCUT2D eigenvalue weighted by Gasteiger charge is 2.18. The van der Waals surface area contributed by atoms with Gasteiger partial charge in [-0.1, -0.05) is 32.3 Å². The maximum Gasteiger partial charge on any atom is 0.158 e. The molecule has 1 saturated carbocycles. The van der Waals surface area contributed by atoms with Crippen molar-refractivity contribution in [2.75, 3.05) is 0 Å². The molecule has 1 fully saturated rings. The summed E-state index contributed by atoms with van der Waals surface area (Å²) < 4.78 is 0. The van der Waals surface area contributed by atoms with Gasteiger partial charge in [0.25, 0.3) is 0 Å². The van der Waals surface area contributed by atoms with Crippen molar-refractivity contribution in [2.24, 2.45) is 0 Å². The van der Waals surface area contributed by atoms with Gasteiger partial charge in [-0.25, -0.2) is 0 Å². The van der Waals surface area contributed by atoms with Crippen LogP contribution in [-0.4, -0.2) is 5.78 Å². The lowest BCUT2D eigenvalue weighted by atomic mass is 9.89. The SMILES string of the molecule is CCCCCCC=C1CCC1=O. The molecule has 68 valence electrons. The summed E-state index contributed by atoms with van der Waals surface area (Å²) >= 11 is 0. The Morgan fingerprint density at radius 3 is 2.58 bits per heavy atom. The van der Waals surface area contributed by atoms with E-state index in [2.05, 4.69) is 13.0 Å². The van der Waals surface area contributed by atoms with Gasteiger partial charge >= 0.3 is 0 Å². The zero-order chi connectivity index (χ0) is 8.81. The van der Waals surface area contributed by atoms with Crippen LogP contribution in [0, 0.1) is 0 Å². The van der Waals surface area contributed by atoms with Crippen molar-refractivity contribution in [1.29, 1.82) is 0 Å². The molecule has 0 spiro atoms. The monoisotopic (exact) mass is 166 g/mol. The first-order valence-corrected chi connectivity index (χ1v) is 5.07. The smallest absolute Gasteiger partial charge is 0.158 e. The average molecular weight is 166 g/mol. The van der Waals surface area contributed by atoms with E-state index in [0.717, 1.165) is 24.8 Å². The summed E-state index contributed by atoms with van der Waals surface area (Å²) in [4.78, 5) is 10.9. The lowest BCUT2D eigenvalue weighted by molar-refractivity contribution is -0.118. The summed E-state index contributed by atoms with van der Waals surface area (Å²) in [6.45, 7) is 2.22. The van der Waals surface area contributed by atoms with Crippen LogP contribution in [0.5, 0.6) is 0 Å². The van der Waals surface area contributed by atoms with Crippen LogP contribution in [0.15, 0.2) is 11.6 Å². The van der Waals surface area contributed by atoms with Crippen molar-refractivity contribution < 1.29 is 4.79 Å². The second-order valence-electron chi connectivity index (χ2n) is 3.50. The molecule has 0 saturated heterocycles. The standard InChI is InChI=1S/C11H18O/c1-2-3-4-5-6-7-10-8-9-11(10)12/h7H,2-6,8-9H2,1H3. The van der Waals surface area contributed by atoms with E-state index in [9.17, 15) is 4.79 Å². The molecule has 0 N–H and O–H groups in total. The molecular formula is C11H18O. The van der Waals surface area contributed by atoms with Gasteiger partial charge in [0, 0.05) is 6.42 Å². The van der Waals surface area contributed by atoms with Gasteiger partial charge in [0.2, 0.25) is 0 Å². The molecule has 1 nitrogen and oxygen atoms in total. The zero-order valence-corrected chi connectivity index (χ0v) is 7.94. The van der Waals surface area contributed by atoms with E-state index in [4.69, 9.17) is 0 Å². The molecule has 0 bridgehead atoms. The van der Waals surface area contributed by atoms with Crippen molar-refractivity contribution in [1.82, 2.24) is 0 Å². The Morgan fingerprint density at radius 2 is 2.08 bits per heavy atom. The fraction of sp³-hybridized carbons (Fsp3) is 0.727. The van der Waals surface area contributed by atoms with Crippen LogP contribution in [0.1, 0.15) is 51.9 Å². The topological polar surface area (TPSA) is 17.1 Å². The lowest BCUT2D eigenvalue weighted by Crippen LogP contribution is -2.13. The van der Waals surface area contributed by atoms with Crippen LogP contribution in [0.25, 0.3) is 0 Å². The normalized spacial score (nSPS) is 19.8. The Balaban J connectivity index is 2.01. The first kappa shape index (κ1) is 9.50. The Labute approximate surface area is 74.9 Å². The zero-order valence-electron chi connectivity index (χ0n) is 7.94. The van der Waals surface area contributed by atoms with Crippen molar-refractivity contribution >= 4 is 5.78 Å². The van der Waals surface area contributed by atoms with Gasteiger partial charge in [0.05, 0.1) is 0 Å². The molecule has 0 unspecified atom stereocenters. The Bertz CT molecular complexity index is 179. The summed E-state index contributed by atoms with van der Waals surface area (Å²) in [5.41, 5.74) is 1.09. The largest absolute Gasteiger partial charge is 0.295 e. The van der Waals surface area contributed by atoms with Gasteiger partial charge in [-0.3, -0.25) is 4.79 Å². The quantitative estimate of drug-likeness (QED) is 0.452. The number of allylic oxidation sites excluding steroid dienone is 2. The maximum absolute atomic E-state index is 10.9. The van der Waals surface area contributed by atoms with Gasteiger partial charge < -0.3 is 0 Å². The van der Waals surface area contributed by atoms with E-state index < -0.39 is 0 Å². The number of hydrogen-bond donors (Lipinski definition) is 0. The Hall–Kier alpha value is -0.590. The summed E-state index contributed by atoms with van der Waals surface area (Å²) in [6, 6.07) is 0. The fourth-order valence-electron chi connectivity index (χ4n) is 1.43. The number of ketones is 1. The molecule has 0 amide bonds. The van der Waals surface area contributed by atoms with Crippen LogP contribution < -0.4 is 0 Å². The summed E-state index contributed by atoms with van der Waals surface area (Å²) in [6.07, 6.45) is 10.3. The summed E-state index contributed by atoms with van der Waals surface area (Å²) in [5.74, 6) is 0.380. The minimum Gasteiger partial charge on any atom is -0.295 e. The van der Waals surface area contributed by atoms with Crippen molar-refractivity contribution in [3.8, 4) is 0 Å². The Kier molecular flexibility index (Phi) is 4.06. The molecule has 0 aliphatic heterocycles. The Morgan fingerprint density at radius 1 is 1.25 bits per heavy atom. The third kappa shape index (κ3) is 2.80. The minimum atomic E-state index is 0.380. The number of carbonyl (C=O) groups excluding carboxylic acids is 1. The van der Waals surface area contributed by atoms with E-state index in [-0.39, 0.29) is 0 Å². The predicted molar refractivity (Wildman–Crippen MR) is 51.1 cm³/mol. The first-order valence-electron chi connectivity index (χ1n) is 5.07. The highest BCUT2D eigenvalue weighted by Crippen LogP contribution is 2.22. The van der Waals surface area contributed by atoms with Crippen LogP contribution in [0.3, 0.4) is 0 Å². The molecule has 0 aromatic heterocycles. The summed E-state index contributed by atoms with van der Waals surface area (Å²) in [7, 11) is 0. The molecule has 12 heavy (non-hydrogen) atoms. The minimum absolute atomic E-state index is 0.380. The van der Waals surface area contributed by atoms with Gasteiger partial charge in [-0.15, -0.1) is 0 Å². The average Bonchev–Trinajstić information content (AvgIpc) is 2.08. The van der Waals surface area contributed by atoms with Crippen molar-refractivity contribution in [2.45, 2.75) is 51.9 Å². The highest BCUT2D eigenvalue weighted by atomic mass is 16.1. The van der Waals surface area contributed by atoms with Crippen LogP contribution >= 0.6 is 0 Å². The number of unbranched alkanes of at least 4 members (excludes halogenated alkanes) is 4. The van der Waals surface area contributed by atoms with Gasteiger partial charge in [0.15, 0.2) is 5.78 Å². The molecule has 1 rings (SSSR count). The van der Waals surface area contributed by atoms with Gasteiger partial charge in [0.1, 0.15) is 0 Å². The number of hydrogen-bond acceptors (Lipinski definition) is 1. The fourth-order valence-corrected chi connectivity index (χ4v) is 1.43. The predicted octanol–water partition coefficient (Wildman–Crippen LogP) is 3.25. The van der Waals surface area contributed by atoms with E-state index >= 15 is 0 Å². The summed E-state index contributed by atoms with van der Waals surface area (Å²) in [5, 5.41) is 0. The van der Waals surface area contributed by atoms with Gasteiger partial charge in [-0.05, 0) is 24.8 Å². The van der Waals surface area contributed by atoms with Crippen LogP contribution in [-0.2, 0) is 4.79 Å². The van der Waals surface area contributed by atoms with Crippen molar-refractivity contribution in [3.05, 3.63) is 11.6 Å². The third-order valence-corrected chi connectivity index (χ3v) is 2.43. The molecular weight excluding hydrogens is 148 g/mol. The third-order valence-electron chi connectivity index (χ3n) is 2.43. The lowest BCUT2D eigenvalue weighted by Gasteiger charge is -2.14. The first-order chi connectivity index (χ1) is 5.84. The van der Waals surface area contributed by atoms with E-state index in [1.54, 1.807) is 0 Å². The van der Waals surface area contributed by atoms with E-state index in [0.29, 0.717) is 5.78 Å². The number of carbonyl (C=O) groups is 1. The molecule has 0 heterocycles. The van der Waals surface area contributed by atoms with Gasteiger partial charge in [-0.2, -0.15) is 0 Å². The van der Waals surface area contributed by atoms with E-state index in [1.165, 1.54) is 25.7 Å². The van der Waals surface area contributed by atoms with Crippen LogP contribution in [0.4, 0.5) is 0 Å². The molecule has 1 aliphatic rings. The molecule has 0 atom stereocenters. The molecule has 1 aliphatic carbocycles. The van der Waals surface area contributed by atoms with Crippen molar-refractivity contribution in [3.63, 3.8) is 0 Å².